The third-order valence-corrected chi connectivity index (χ3v) is 1.83. The summed E-state index contributed by atoms with van der Waals surface area (Å²) in [5, 5.41) is 11.8. The van der Waals surface area contributed by atoms with Crippen LogP contribution in [0.15, 0.2) is 0 Å². The van der Waals surface area contributed by atoms with E-state index in [0.29, 0.717) is 12.6 Å². The Balaban J connectivity index is 3.57. The van der Waals surface area contributed by atoms with Gasteiger partial charge in [0.1, 0.15) is 0 Å². The Kier molecular flexibility index (Phi) is 5.66. The molecule has 0 aromatic rings. The van der Waals surface area contributed by atoms with Crippen LogP contribution in [0.1, 0.15) is 13.8 Å². The molecule has 0 fully saturated rings. The van der Waals surface area contributed by atoms with Gasteiger partial charge in [0.15, 0.2) is 0 Å². The molecule has 78 valence electrons. The van der Waals surface area contributed by atoms with Crippen molar-refractivity contribution in [3.63, 3.8) is 0 Å². The van der Waals surface area contributed by atoms with Crippen LogP contribution in [-0.2, 0) is 4.79 Å². The standard InChI is InChI=1S/C9H20N2O2/c1-7(9(12)13)5-10-8(2)6-11(3)4/h7-8,10H,5-6H2,1-4H3,(H,12,13). The molecule has 13 heavy (non-hydrogen) atoms. The lowest BCUT2D eigenvalue weighted by molar-refractivity contribution is -0.140. The zero-order chi connectivity index (χ0) is 10.4. The first-order valence-electron chi connectivity index (χ1n) is 4.54. The summed E-state index contributed by atoms with van der Waals surface area (Å²) in [4.78, 5) is 12.6. The molecule has 0 radical (unpaired) electrons. The van der Waals surface area contributed by atoms with E-state index in [2.05, 4.69) is 17.1 Å². The predicted molar refractivity (Wildman–Crippen MR) is 52.8 cm³/mol. The number of carbonyl (C=O) groups is 1. The quantitative estimate of drug-likeness (QED) is 0.627. The van der Waals surface area contributed by atoms with Crippen molar-refractivity contribution >= 4 is 5.97 Å². The minimum Gasteiger partial charge on any atom is -0.481 e. The van der Waals surface area contributed by atoms with Crippen LogP contribution < -0.4 is 5.32 Å². The molecule has 0 aliphatic carbocycles. The van der Waals surface area contributed by atoms with Crippen LogP contribution in [0.5, 0.6) is 0 Å². The molecule has 2 unspecified atom stereocenters. The molecule has 0 aliphatic heterocycles. The lowest BCUT2D eigenvalue weighted by Crippen LogP contribution is -2.39. The molecule has 0 bridgehead atoms. The molecule has 0 aromatic heterocycles. The van der Waals surface area contributed by atoms with Crippen molar-refractivity contribution in [3.05, 3.63) is 0 Å². The number of rotatable bonds is 6. The highest BCUT2D eigenvalue weighted by Gasteiger charge is 2.11. The Hall–Kier alpha value is -0.610. The number of nitrogens with one attached hydrogen (secondary N) is 1. The average Bonchev–Trinajstić information content (AvgIpc) is 1.98. The average molecular weight is 188 g/mol. The van der Waals surface area contributed by atoms with Crippen molar-refractivity contribution in [2.45, 2.75) is 19.9 Å². The van der Waals surface area contributed by atoms with Gasteiger partial charge in [-0.1, -0.05) is 6.92 Å². The van der Waals surface area contributed by atoms with Gasteiger partial charge in [0.2, 0.25) is 0 Å². The first kappa shape index (κ1) is 12.4. The topological polar surface area (TPSA) is 52.6 Å². The molecule has 2 N–H and O–H groups in total. The van der Waals surface area contributed by atoms with E-state index < -0.39 is 5.97 Å². The Morgan fingerprint density at radius 1 is 1.46 bits per heavy atom. The first-order valence-corrected chi connectivity index (χ1v) is 4.54. The monoisotopic (exact) mass is 188 g/mol. The van der Waals surface area contributed by atoms with Gasteiger partial charge in [-0.3, -0.25) is 4.79 Å². The molecule has 0 saturated heterocycles. The van der Waals surface area contributed by atoms with Crippen molar-refractivity contribution in [3.8, 4) is 0 Å². The molecule has 0 heterocycles. The summed E-state index contributed by atoms with van der Waals surface area (Å²) < 4.78 is 0. The summed E-state index contributed by atoms with van der Waals surface area (Å²) in [6, 6.07) is 0.330. The lowest BCUT2D eigenvalue weighted by atomic mass is 10.2. The van der Waals surface area contributed by atoms with E-state index in [4.69, 9.17) is 5.11 Å². The summed E-state index contributed by atoms with van der Waals surface area (Å²) >= 11 is 0. The predicted octanol–water partition coefficient (Wildman–Crippen LogP) is 0.247. The largest absolute Gasteiger partial charge is 0.481 e. The first-order chi connectivity index (χ1) is 5.93. The molecular weight excluding hydrogens is 168 g/mol. The summed E-state index contributed by atoms with van der Waals surface area (Å²) in [5.74, 6) is -1.06. The Bertz CT molecular complexity index is 160. The van der Waals surface area contributed by atoms with Gasteiger partial charge in [-0.25, -0.2) is 0 Å². The number of hydrogen-bond acceptors (Lipinski definition) is 3. The van der Waals surface area contributed by atoms with Gasteiger partial charge in [-0.2, -0.15) is 0 Å². The summed E-state index contributed by atoms with van der Waals surface area (Å²) in [7, 11) is 4.00. The Morgan fingerprint density at radius 2 is 2.00 bits per heavy atom. The minimum absolute atomic E-state index is 0.315. The lowest BCUT2D eigenvalue weighted by Gasteiger charge is -2.19. The molecule has 0 aromatic carbocycles. The fourth-order valence-electron chi connectivity index (χ4n) is 1.08. The number of likely N-dealkylation sites (N-methyl/N-ethyl adjacent to an activating group) is 1. The number of carboxylic acids is 1. The second-order valence-electron chi connectivity index (χ2n) is 3.81. The fourth-order valence-corrected chi connectivity index (χ4v) is 1.08. The Morgan fingerprint density at radius 3 is 2.38 bits per heavy atom. The van der Waals surface area contributed by atoms with Crippen molar-refractivity contribution in [2.24, 2.45) is 5.92 Å². The normalized spacial score (nSPS) is 15.8. The number of carboxylic acid groups (broad SMARTS) is 1. The zero-order valence-corrected chi connectivity index (χ0v) is 8.87. The second-order valence-corrected chi connectivity index (χ2v) is 3.81. The molecular formula is C9H20N2O2. The second kappa shape index (κ2) is 5.94. The van der Waals surface area contributed by atoms with Crippen LogP contribution in [0, 0.1) is 5.92 Å². The maximum absolute atomic E-state index is 10.5. The summed E-state index contributed by atoms with van der Waals surface area (Å²) in [6.45, 7) is 5.21. The van der Waals surface area contributed by atoms with Crippen LogP contribution in [0.4, 0.5) is 0 Å². The number of hydrogen-bond donors (Lipinski definition) is 2. The van der Waals surface area contributed by atoms with Gasteiger partial charge < -0.3 is 15.3 Å². The van der Waals surface area contributed by atoms with Gasteiger partial charge in [-0.05, 0) is 21.0 Å². The highest BCUT2D eigenvalue weighted by atomic mass is 16.4. The number of aliphatic carboxylic acids is 1. The van der Waals surface area contributed by atoms with Gasteiger partial charge in [-0.15, -0.1) is 0 Å². The van der Waals surface area contributed by atoms with E-state index >= 15 is 0 Å². The molecule has 4 nitrogen and oxygen atoms in total. The maximum Gasteiger partial charge on any atom is 0.307 e. The van der Waals surface area contributed by atoms with Gasteiger partial charge in [0.05, 0.1) is 5.92 Å². The van der Waals surface area contributed by atoms with E-state index in [1.165, 1.54) is 0 Å². The molecule has 0 saturated carbocycles. The summed E-state index contributed by atoms with van der Waals surface area (Å²) in [6.07, 6.45) is 0. The maximum atomic E-state index is 10.5. The summed E-state index contributed by atoms with van der Waals surface area (Å²) in [5.41, 5.74) is 0. The fraction of sp³-hybridized carbons (Fsp3) is 0.889. The van der Waals surface area contributed by atoms with E-state index in [1.54, 1.807) is 6.92 Å². The molecule has 4 heteroatoms. The van der Waals surface area contributed by atoms with E-state index in [-0.39, 0.29) is 5.92 Å². The Labute approximate surface area is 79.9 Å². The van der Waals surface area contributed by atoms with Crippen molar-refractivity contribution < 1.29 is 9.90 Å². The van der Waals surface area contributed by atoms with E-state index in [9.17, 15) is 4.79 Å². The molecule has 2 atom stereocenters. The minimum atomic E-state index is -0.746. The van der Waals surface area contributed by atoms with Gasteiger partial charge in [0.25, 0.3) is 0 Å². The van der Waals surface area contributed by atoms with Crippen LogP contribution in [0.3, 0.4) is 0 Å². The van der Waals surface area contributed by atoms with Crippen LogP contribution in [-0.4, -0.2) is 49.2 Å². The third-order valence-electron chi connectivity index (χ3n) is 1.83. The van der Waals surface area contributed by atoms with E-state index in [1.807, 2.05) is 14.1 Å². The van der Waals surface area contributed by atoms with Crippen LogP contribution >= 0.6 is 0 Å². The van der Waals surface area contributed by atoms with Gasteiger partial charge >= 0.3 is 5.97 Å². The molecule has 0 amide bonds. The zero-order valence-electron chi connectivity index (χ0n) is 8.87. The van der Waals surface area contributed by atoms with Crippen LogP contribution in [0.2, 0.25) is 0 Å². The van der Waals surface area contributed by atoms with Crippen molar-refractivity contribution in [1.29, 1.82) is 0 Å². The van der Waals surface area contributed by atoms with Gasteiger partial charge in [0, 0.05) is 19.1 Å². The SMILES string of the molecule is CC(CN(C)C)NCC(C)C(=O)O. The molecule has 0 spiro atoms. The van der Waals surface area contributed by atoms with E-state index in [0.717, 1.165) is 6.54 Å². The third kappa shape index (κ3) is 6.54. The smallest absolute Gasteiger partial charge is 0.307 e. The van der Waals surface area contributed by atoms with Crippen LogP contribution in [0.25, 0.3) is 0 Å². The highest BCUT2D eigenvalue weighted by molar-refractivity contribution is 5.69. The number of nitrogens with zero attached hydrogens (tertiary/aromatic N) is 1. The molecule has 0 aliphatic rings. The van der Waals surface area contributed by atoms with Crippen molar-refractivity contribution in [2.75, 3.05) is 27.2 Å². The van der Waals surface area contributed by atoms with Crippen molar-refractivity contribution in [1.82, 2.24) is 10.2 Å². The molecule has 0 rings (SSSR count). The highest BCUT2D eigenvalue weighted by Crippen LogP contribution is 1.93.